The van der Waals surface area contributed by atoms with Gasteiger partial charge < -0.3 is 0 Å². The normalized spacial score (nSPS) is 11.1. The van der Waals surface area contributed by atoms with Crippen LogP contribution in [-0.4, -0.2) is 27.8 Å². The molecule has 0 aliphatic carbocycles. The predicted octanol–water partition coefficient (Wildman–Crippen LogP) is 3.49. The number of hydrogen-bond acceptors (Lipinski definition) is 5. The highest BCUT2D eigenvalue weighted by molar-refractivity contribution is 7.99. The van der Waals surface area contributed by atoms with Gasteiger partial charge in [-0.1, -0.05) is 36.0 Å². The molecular weight excluding hydrogens is 332 g/mol. The maximum Gasteiger partial charge on any atom is 0.250 e. The molecule has 0 aliphatic rings. The van der Waals surface area contributed by atoms with Gasteiger partial charge in [-0.15, -0.1) is 0 Å². The fraction of sp³-hybridized carbons (Fsp3) is 0.158. The van der Waals surface area contributed by atoms with E-state index in [1.165, 1.54) is 11.8 Å². The van der Waals surface area contributed by atoms with Crippen molar-refractivity contribution in [3.8, 4) is 0 Å². The van der Waals surface area contributed by atoms with Gasteiger partial charge in [-0.05, 0) is 37.1 Å². The molecule has 126 valence electrons. The summed E-state index contributed by atoms with van der Waals surface area (Å²) in [7, 11) is 0. The third-order valence-corrected chi connectivity index (χ3v) is 4.57. The third-order valence-electron chi connectivity index (χ3n) is 3.66. The van der Waals surface area contributed by atoms with E-state index in [1.54, 1.807) is 18.6 Å². The number of pyridine rings is 2. The van der Waals surface area contributed by atoms with Gasteiger partial charge in [0.25, 0.3) is 0 Å². The smallest absolute Gasteiger partial charge is 0.250 e. The largest absolute Gasteiger partial charge is 0.272 e. The number of amides is 1. The number of thioether (sulfide) groups is 1. The SMILES string of the molecule is Cc1cc(SCC(=O)NN=Cc2cccnc2)nc2c(C)cccc12. The average molecular weight is 350 g/mol. The lowest BCUT2D eigenvalue weighted by atomic mass is 10.1. The quantitative estimate of drug-likeness (QED) is 0.434. The summed E-state index contributed by atoms with van der Waals surface area (Å²) in [4.78, 5) is 20.6. The van der Waals surface area contributed by atoms with Crippen LogP contribution in [0.5, 0.6) is 0 Å². The molecule has 0 aliphatic heterocycles. The van der Waals surface area contributed by atoms with Crippen molar-refractivity contribution in [2.75, 3.05) is 5.75 Å². The monoisotopic (exact) mass is 350 g/mol. The van der Waals surface area contributed by atoms with Crippen molar-refractivity contribution < 1.29 is 4.79 Å². The molecule has 0 fully saturated rings. The second kappa shape index (κ2) is 7.90. The van der Waals surface area contributed by atoms with E-state index < -0.39 is 0 Å². The lowest BCUT2D eigenvalue weighted by Gasteiger charge is -2.08. The fourth-order valence-corrected chi connectivity index (χ4v) is 3.17. The number of aryl methyl sites for hydroxylation is 2. The Labute approximate surface area is 150 Å². The minimum atomic E-state index is -0.172. The van der Waals surface area contributed by atoms with Crippen LogP contribution in [-0.2, 0) is 4.79 Å². The molecule has 1 aromatic carbocycles. The van der Waals surface area contributed by atoms with Crippen molar-refractivity contribution in [3.63, 3.8) is 0 Å². The van der Waals surface area contributed by atoms with Gasteiger partial charge in [0.2, 0.25) is 5.91 Å². The Bertz CT molecular complexity index is 925. The molecule has 0 spiro atoms. The number of nitrogens with one attached hydrogen (secondary N) is 1. The fourth-order valence-electron chi connectivity index (χ4n) is 2.41. The standard InChI is InChI=1S/C19H18N4OS/c1-13-5-3-7-16-14(2)9-18(22-19(13)16)25-12-17(24)23-21-11-15-6-4-8-20-10-15/h3-11H,12H2,1-2H3,(H,23,24). The highest BCUT2D eigenvalue weighted by atomic mass is 32.2. The maximum atomic E-state index is 11.9. The molecule has 0 saturated heterocycles. The summed E-state index contributed by atoms with van der Waals surface area (Å²) >= 11 is 1.40. The number of nitrogens with zero attached hydrogens (tertiary/aromatic N) is 3. The van der Waals surface area contributed by atoms with Crippen LogP contribution in [0.1, 0.15) is 16.7 Å². The van der Waals surface area contributed by atoms with Crippen molar-refractivity contribution >= 4 is 34.8 Å². The topological polar surface area (TPSA) is 67.2 Å². The molecule has 6 heteroatoms. The van der Waals surface area contributed by atoms with Crippen molar-refractivity contribution in [1.29, 1.82) is 0 Å². The van der Waals surface area contributed by atoms with Gasteiger partial charge in [0.05, 0.1) is 22.5 Å². The second-order valence-electron chi connectivity index (χ2n) is 5.62. The molecule has 3 aromatic rings. The molecule has 1 N–H and O–H groups in total. The van der Waals surface area contributed by atoms with Crippen LogP contribution in [0.15, 0.2) is 58.9 Å². The zero-order valence-electron chi connectivity index (χ0n) is 14.1. The number of benzene rings is 1. The van der Waals surface area contributed by atoms with E-state index in [4.69, 9.17) is 0 Å². The summed E-state index contributed by atoms with van der Waals surface area (Å²) in [6, 6.07) is 11.8. The highest BCUT2D eigenvalue weighted by Crippen LogP contribution is 2.25. The first kappa shape index (κ1) is 17.1. The number of rotatable bonds is 5. The van der Waals surface area contributed by atoms with E-state index in [-0.39, 0.29) is 11.7 Å². The summed E-state index contributed by atoms with van der Waals surface area (Å²) < 4.78 is 0. The third kappa shape index (κ3) is 4.42. The Kier molecular flexibility index (Phi) is 5.40. The molecular formula is C19H18N4OS. The molecule has 0 saturated carbocycles. The zero-order chi connectivity index (χ0) is 17.6. The molecule has 0 bridgehead atoms. The van der Waals surface area contributed by atoms with Crippen LogP contribution in [0.2, 0.25) is 0 Å². The molecule has 0 atom stereocenters. The number of aromatic nitrogens is 2. The Morgan fingerprint density at radius 1 is 1.24 bits per heavy atom. The Morgan fingerprint density at radius 3 is 2.92 bits per heavy atom. The number of hydrogen-bond donors (Lipinski definition) is 1. The molecule has 3 rings (SSSR count). The van der Waals surface area contributed by atoms with E-state index in [0.29, 0.717) is 0 Å². The van der Waals surface area contributed by atoms with Gasteiger partial charge in [0, 0.05) is 23.3 Å². The van der Waals surface area contributed by atoms with Gasteiger partial charge in [-0.3, -0.25) is 9.78 Å². The first-order valence-electron chi connectivity index (χ1n) is 7.85. The Balaban J connectivity index is 1.61. The van der Waals surface area contributed by atoms with E-state index in [0.717, 1.165) is 32.6 Å². The van der Waals surface area contributed by atoms with Crippen LogP contribution in [0, 0.1) is 13.8 Å². The van der Waals surface area contributed by atoms with Crippen LogP contribution < -0.4 is 5.43 Å². The van der Waals surface area contributed by atoms with E-state index in [2.05, 4.69) is 33.5 Å². The van der Waals surface area contributed by atoms with Gasteiger partial charge in [0.15, 0.2) is 0 Å². The number of para-hydroxylation sites is 1. The van der Waals surface area contributed by atoms with Gasteiger partial charge in [-0.25, -0.2) is 10.4 Å². The van der Waals surface area contributed by atoms with Crippen molar-refractivity contribution in [1.82, 2.24) is 15.4 Å². The van der Waals surface area contributed by atoms with Gasteiger partial charge in [-0.2, -0.15) is 5.10 Å². The summed E-state index contributed by atoms with van der Waals surface area (Å²) in [6.07, 6.45) is 4.93. The highest BCUT2D eigenvalue weighted by Gasteiger charge is 2.07. The molecule has 5 nitrogen and oxygen atoms in total. The van der Waals surface area contributed by atoms with Crippen molar-refractivity contribution in [2.24, 2.45) is 5.10 Å². The van der Waals surface area contributed by atoms with E-state index >= 15 is 0 Å². The maximum absolute atomic E-state index is 11.9. The zero-order valence-corrected chi connectivity index (χ0v) is 14.9. The van der Waals surface area contributed by atoms with Crippen LogP contribution >= 0.6 is 11.8 Å². The molecule has 2 aromatic heterocycles. The van der Waals surface area contributed by atoms with Crippen molar-refractivity contribution in [3.05, 3.63) is 65.5 Å². The molecule has 1 amide bonds. The number of carbonyl (C=O) groups is 1. The summed E-state index contributed by atoms with van der Waals surface area (Å²) in [5, 5.41) is 5.92. The van der Waals surface area contributed by atoms with E-state index in [1.807, 2.05) is 37.3 Å². The first-order chi connectivity index (χ1) is 12.1. The molecule has 25 heavy (non-hydrogen) atoms. The van der Waals surface area contributed by atoms with Gasteiger partial charge in [0.1, 0.15) is 0 Å². The molecule has 0 unspecified atom stereocenters. The van der Waals surface area contributed by atoms with Gasteiger partial charge >= 0.3 is 0 Å². The van der Waals surface area contributed by atoms with Crippen molar-refractivity contribution in [2.45, 2.75) is 18.9 Å². The molecule has 0 radical (unpaired) electrons. The number of fused-ring (bicyclic) bond motifs is 1. The van der Waals surface area contributed by atoms with E-state index in [9.17, 15) is 4.79 Å². The Morgan fingerprint density at radius 2 is 2.12 bits per heavy atom. The predicted molar refractivity (Wildman–Crippen MR) is 102 cm³/mol. The average Bonchev–Trinajstić information content (AvgIpc) is 2.62. The number of carbonyl (C=O) groups excluding carboxylic acids is 1. The van der Waals surface area contributed by atoms with Crippen LogP contribution in [0.4, 0.5) is 0 Å². The lowest BCUT2D eigenvalue weighted by Crippen LogP contribution is -2.19. The summed E-state index contributed by atoms with van der Waals surface area (Å²) in [6.45, 7) is 4.11. The molecule has 2 heterocycles. The lowest BCUT2D eigenvalue weighted by molar-refractivity contribution is -0.118. The number of hydrazone groups is 1. The first-order valence-corrected chi connectivity index (χ1v) is 8.84. The Hall–Kier alpha value is -2.73. The minimum absolute atomic E-state index is 0.172. The second-order valence-corrected chi connectivity index (χ2v) is 6.61. The van der Waals surface area contributed by atoms with Crippen LogP contribution in [0.3, 0.4) is 0 Å². The van der Waals surface area contributed by atoms with Crippen LogP contribution in [0.25, 0.3) is 10.9 Å². The minimum Gasteiger partial charge on any atom is -0.272 e. The summed E-state index contributed by atoms with van der Waals surface area (Å²) in [5.74, 6) is 0.0864. The summed E-state index contributed by atoms with van der Waals surface area (Å²) in [5.41, 5.74) is 6.63.